The van der Waals surface area contributed by atoms with Gasteiger partial charge in [-0.25, -0.2) is 9.59 Å². The lowest BCUT2D eigenvalue weighted by atomic mass is 9.91. The van der Waals surface area contributed by atoms with Crippen molar-refractivity contribution < 1.29 is 28.7 Å². The van der Waals surface area contributed by atoms with Gasteiger partial charge in [0.25, 0.3) is 0 Å². The van der Waals surface area contributed by atoms with Crippen molar-refractivity contribution in [1.29, 1.82) is 0 Å². The highest BCUT2D eigenvalue weighted by molar-refractivity contribution is 5.70. The maximum absolute atomic E-state index is 11.5. The molecule has 2 aliphatic rings. The minimum absolute atomic E-state index is 0.141. The van der Waals surface area contributed by atoms with Gasteiger partial charge >= 0.3 is 12.2 Å². The van der Waals surface area contributed by atoms with Crippen molar-refractivity contribution in [3.8, 4) is 0 Å². The van der Waals surface area contributed by atoms with E-state index in [1.807, 2.05) is 24.3 Å². The number of hydrogen-bond acceptors (Lipinski definition) is 6. The lowest BCUT2D eigenvalue weighted by molar-refractivity contribution is -0.112. The van der Waals surface area contributed by atoms with Crippen LogP contribution in [0.5, 0.6) is 0 Å². The molecule has 0 spiro atoms. The Balaban J connectivity index is 0.000000320. The van der Waals surface area contributed by atoms with Crippen LogP contribution in [0, 0.1) is 11.8 Å². The first-order chi connectivity index (χ1) is 14.8. The van der Waals surface area contributed by atoms with Crippen LogP contribution in [0.2, 0.25) is 0 Å². The summed E-state index contributed by atoms with van der Waals surface area (Å²) in [5, 5.41) is 5.39. The fourth-order valence-corrected chi connectivity index (χ4v) is 3.21. The smallest absolute Gasteiger partial charge is 0.408 e. The second-order valence-electron chi connectivity index (χ2n) is 9.95. The van der Waals surface area contributed by atoms with Crippen LogP contribution in [-0.2, 0) is 19.1 Å². The highest BCUT2D eigenvalue weighted by Crippen LogP contribution is 2.18. The van der Waals surface area contributed by atoms with E-state index in [9.17, 15) is 19.2 Å². The summed E-state index contributed by atoms with van der Waals surface area (Å²) in [5.74, 6) is -0.282. The summed E-state index contributed by atoms with van der Waals surface area (Å²) in [5.41, 5.74) is -1.03. The molecule has 32 heavy (non-hydrogen) atoms. The highest BCUT2D eigenvalue weighted by atomic mass is 16.6. The zero-order valence-electron chi connectivity index (χ0n) is 20.1. The second-order valence-corrected chi connectivity index (χ2v) is 9.95. The normalized spacial score (nSPS) is 24.9. The Bertz CT molecular complexity index is 642. The van der Waals surface area contributed by atoms with Crippen molar-refractivity contribution in [3.05, 3.63) is 24.3 Å². The molecule has 0 aromatic rings. The molecule has 0 heterocycles. The SMILES string of the molecule is CC(C)(C)OC(=O)N[C@@H]1C=CCC[C@@H]1C=O.CC(C)(C)OC(=O)N[C@H]1C=CCC[C@H]1C=O. The standard InChI is InChI=1S/2C12H19NO3/c2*1-12(2,3)16-11(15)13-10-7-5-4-6-9(10)8-14/h2*5,7-10H,4,6H2,1-3H3,(H,13,15)/t2*9-,10-/m10/s1. The van der Waals surface area contributed by atoms with Crippen molar-refractivity contribution in [3.63, 3.8) is 0 Å². The van der Waals surface area contributed by atoms with Gasteiger partial charge in [-0.05, 0) is 67.2 Å². The number of nitrogens with one attached hydrogen (secondary N) is 2. The summed E-state index contributed by atoms with van der Waals surface area (Å²) in [6, 6.07) is -0.470. The molecule has 0 aromatic heterocycles. The Kier molecular flexibility index (Phi) is 10.6. The summed E-state index contributed by atoms with van der Waals surface area (Å²) < 4.78 is 10.3. The molecule has 0 aliphatic heterocycles. The number of rotatable bonds is 4. The second kappa shape index (κ2) is 12.4. The van der Waals surface area contributed by atoms with Gasteiger partial charge in [-0.1, -0.05) is 24.3 Å². The molecule has 2 aliphatic carbocycles. The zero-order chi connectivity index (χ0) is 24.4. The van der Waals surface area contributed by atoms with Gasteiger partial charge in [-0.3, -0.25) is 0 Å². The minimum Gasteiger partial charge on any atom is -0.444 e. The zero-order valence-corrected chi connectivity index (χ0v) is 20.1. The van der Waals surface area contributed by atoms with Gasteiger partial charge in [-0.15, -0.1) is 0 Å². The summed E-state index contributed by atoms with van der Waals surface area (Å²) >= 11 is 0. The average molecular weight is 451 g/mol. The quantitative estimate of drug-likeness (QED) is 0.493. The maximum Gasteiger partial charge on any atom is 0.408 e. The first-order valence-corrected chi connectivity index (χ1v) is 11.1. The molecule has 2 amide bonds. The fraction of sp³-hybridized carbons (Fsp3) is 0.667. The molecule has 4 atom stereocenters. The van der Waals surface area contributed by atoms with E-state index < -0.39 is 23.4 Å². The van der Waals surface area contributed by atoms with E-state index >= 15 is 0 Å². The van der Waals surface area contributed by atoms with Crippen LogP contribution in [0.25, 0.3) is 0 Å². The van der Waals surface area contributed by atoms with Gasteiger partial charge in [0.15, 0.2) is 0 Å². The van der Waals surface area contributed by atoms with Crippen molar-refractivity contribution in [2.24, 2.45) is 11.8 Å². The molecule has 0 saturated heterocycles. The molecule has 0 unspecified atom stereocenters. The first kappa shape index (κ1) is 27.4. The van der Waals surface area contributed by atoms with Crippen molar-refractivity contribution >= 4 is 24.8 Å². The van der Waals surface area contributed by atoms with Crippen LogP contribution in [0.4, 0.5) is 9.59 Å². The summed E-state index contributed by atoms with van der Waals surface area (Å²) in [7, 11) is 0. The fourth-order valence-electron chi connectivity index (χ4n) is 3.21. The lowest BCUT2D eigenvalue weighted by Gasteiger charge is -2.26. The highest BCUT2D eigenvalue weighted by Gasteiger charge is 2.26. The monoisotopic (exact) mass is 450 g/mol. The van der Waals surface area contributed by atoms with E-state index in [4.69, 9.17) is 9.47 Å². The topological polar surface area (TPSA) is 111 Å². The molecule has 8 heteroatoms. The van der Waals surface area contributed by atoms with Crippen molar-refractivity contribution in [2.75, 3.05) is 0 Å². The number of hydrogen-bond donors (Lipinski definition) is 2. The number of alkyl carbamates (subject to hydrolysis) is 2. The molecule has 0 radical (unpaired) electrons. The summed E-state index contributed by atoms with van der Waals surface area (Å²) in [4.78, 5) is 44.6. The Hall–Kier alpha value is -2.64. The van der Waals surface area contributed by atoms with E-state index in [2.05, 4.69) is 10.6 Å². The number of ether oxygens (including phenoxy) is 2. The van der Waals surface area contributed by atoms with Crippen LogP contribution < -0.4 is 10.6 Å². The maximum atomic E-state index is 11.5. The molecular formula is C24H38N2O6. The lowest BCUT2D eigenvalue weighted by Crippen LogP contribution is -2.43. The molecule has 0 aromatic carbocycles. The van der Waals surface area contributed by atoms with Gasteiger partial charge in [0.2, 0.25) is 0 Å². The molecule has 2 rings (SSSR count). The summed E-state index contributed by atoms with van der Waals surface area (Å²) in [6.45, 7) is 10.8. The largest absolute Gasteiger partial charge is 0.444 e. The number of carbonyl (C=O) groups is 4. The number of amides is 2. The Morgan fingerprint density at radius 2 is 1.09 bits per heavy atom. The van der Waals surface area contributed by atoms with Crippen LogP contribution in [-0.4, -0.2) is 48.0 Å². The molecule has 2 N–H and O–H groups in total. The van der Waals surface area contributed by atoms with Crippen LogP contribution >= 0.6 is 0 Å². The van der Waals surface area contributed by atoms with Crippen molar-refractivity contribution in [2.45, 2.75) is 90.5 Å². The predicted octanol–water partition coefficient (Wildman–Crippen LogP) is 4.09. The Labute approximate surface area is 191 Å². The van der Waals surface area contributed by atoms with E-state index in [0.717, 1.165) is 38.3 Å². The Morgan fingerprint density at radius 3 is 1.38 bits per heavy atom. The molecule has 0 bridgehead atoms. The van der Waals surface area contributed by atoms with Gasteiger partial charge in [0, 0.05) is 11.8 Å². The molecular weight excluding hydrogens is 412 g/mol. The van der Waals surface area contributed by atoms with E-state index in [0.29, 0.717) is 0 Å². The predicted molar refractivity (Wildman–Crippen MR) is 122 cm³/mol. The number of aldehydes is 2. The van der Waals surface area contributed by atoms with Gasteiger partial charge in [0.05, 0.1) is 12.1 Å². The van der Waals surface area contributed by atoms with Crippen LogP contribution in [0.1, 0.15) is 67.2 Å². The number of allylic oxidation sites excluding steroid dienone is 2. The third kappa shape index (κ3) is 11.1. The van der Waals surface area contributed by atoms with E-state index in [-0.39, 0.29) is 23.9 Å². The minimum atomic E-state index is -0.515. The molecule has 0 saturated carbocycles. The van der Waals surface area contributed by atoms with E-state index in [1.165, 1.54) is 0 Å². The van der Waals surface area contributed by atoms with Gasteiger partial charge in [0.1, 0.15) is 23.8 Å². The molecule has 8 nitrogen and oxygen atoms in total. The molecule has 0 fully saturated rings. The van der Waals surface area contributed by atoms with Crippen LogP contribution in [0.15, 0.2) is 24.3 Å². The Morgan fingerprint density at radius 1 is 0.750 bits per heavy atom. The van der Waals surface area contributed by atoms with Gasteiger partial charge < -0.3 is 29.7 Å². The average Bonchev–Trinajstić information content (AvgIpc) is 2.66. The molecule has 180 valence electrons. The third-order valence-electron chi connectivity index (χ3n) is 4.66. The van der Waals surface area contributed by atoms with E-state index in [1.54, 1.807) is 41.5 Å². The summed E-state index contributed by atoms with van der Waals surface area (Å²) in [6.07, 6.45) is 11.8. The van der Waals surface area contributed by atoms with Gasteiger partial charge in [-0.2, -0.15) is 0 Å². The van der Waals surface area contributed by atoms with Crippen LogP contribution in [0.3, 0.4) is 0 Å². The van der Waals surface area contributed by atoms with Crippen molar-refractivity contribution in [1.82, 2.24) is 10.6 Å². The third-order valence-corrected chi connectivity index (χ3v) is 4.66. The number of carbonyl (C=O) groups excluding carboxylic acids is 4. The first-order valence-electron chi connectivity index (χ1n) is 11.1.